The Morgan fingerprint density at radius 1 is 1.08 bits per heavy atom. The van der Waals surface area contributed by atoms with E-state index in [4.69, 9.17) is 4.74 Å². The van der Waals surface area contributed by atoms with Crippen molar-refractivity contribution < 1.29 is 9.53 Å². The molecule has 0 aliphatic heterocycles. The number of hydrogen-bond acceptors (Lipinski definition) is 5. The van der Waals surface area contributed by atoms with Gasteiger partial charge in [-0.1, -0.05) is 45.5 Å². The molecule has 128 valence electrons. The fourth-order valence-electron chi connectivity index (χ4n) is 1.88. The second-order valence-corrected chi connectivity index (χ2v) is 7.64. The molecule has 0 radical (unpaired) electrons. The van der Waals surface area contributed by atoms with E-state index in [2.05, 4.69) is 52.7 Å². The summed E-state index contributed by atoms with van der Waals surface area (Å²) in [5, 5.41) is 14.4. The van der Waals surface area contributed by atoms with Gasteiger partial charge in [-0.25, -0.2) is 4.79 Å². The lowest BCUT2D eigenvalue weighted by molar-refractivity contribution is 0.262. The van der Waals surface area contributed by atoms with Crippen molar-refractivity contribution in [3.8, 4) is 5.75 Å². The molecule has 2 amide bonds. The Labute approximate surface area is 164 Å². The average Bonchev–Trinajstić information content (AvgIpc) is 3.02. The number of halogens is 2. The van der Waals surface area contributed by atoms with Gasteiger partial charge in [-0.2, -0.15) is 0 Å². The van der Waals surface area contributed by atoms with Crippen LogP contribution in [0.5, 0.6) is 5.75 Å². The summed E-state index contributed by atoms with van der Waals surface area (Å²) in [4.78, 5) is 11.9. The van der Waals surface area contributed by atoms with Crippen molar-refractivity contribution in [3.63, 3.8) is 0 Å². The maximum Gasteiger partial charge on any atom is 0.325 e. The highest BCUT2D eigenvalue weighted by molar-refractivity contribution is 9.11. The molecule has 0 bridgehead atoms. The van der Waals surface area contributed by atoms with Crippen LogP contribution in [-0.4, -0.2) is 16.2 Å². The lowest BCUT2D eigenvalue weighted by Gasteiger charge is -2.06. The van der Waals surface area contributed by atoms with Crippen LogP contribution in [0.15, 0.2) is 57.5 Å². The second kappa shape index (κ2) is 8.41. The predicted molar refractivity (Wildman–Crippen MR) is 105 cm³/mol. The molecule has 2 aromatic carbocycles. The zero-order valence-corrected chi connectivity index (χ0v) is 16.7. The normalized spacial score (nSPS) is 10.3. The van der Waals surface area contributed by atoms with E-state index in [1.54, 1.807) is 12.1 Å². The monoisotopic (exact) mass is 482 g/mol. The number of carbonyl (C=O) groups excluding carboxylic acids is 1. The highest BCUT2D eigenvalue weighted by Crippen LogP contribution is 2.29. The molecule has 0 saturated carbocycles. The maximum atomic E-state index is 11.9. The Morgan fingerprint density at radius 2 is 1.88 bits per heavy atom. The molecule has 0 saturated heterocycles. The van der Waals surface area contributed by atoms with Crippen LogP contribution in [0.3, 0.4) is 0 Å². The number of carbonyl (C=O) groups is 1. The summed E-state index contributed by atoms with van der Waals surface area (Å²) < 4.78 is 7.50. The highest BCUT2D eigenvalue weighted by Gasteiger charge is 2.10. The molecule has 0 unspecified atom stereocenters. The minimum absolute atomic E-state index is 0.264. The van der Waals surface area contributed by atoms with E-state index in [0.29, 0.717) is 21.6 Å². The smallest absolute Gasteiger partial charge is 0.325 e. The van der Waals surface area contributed by atoms with Crippen LogP contribution in [0.25, 0.3) is 0 Å². The van der Waals surface area contributed by atoms with Crippen LogP contribution in [0, 0.1) is 0 Å². The lowest BCUT2D eigenvalue weighted by Crippen LogP contribution is -2.19. The van der Waals surface area contributed by atoms with Crippen LogP contribution in [0.4, 0.5) is 15.6 Å². The number of benzene rings is 2. The van der Waals surface area contributed by atoms with Crippen molar-refractivity contribution in [2.24, 2.45) is 0 Å². The number of rotatable bonds is 5. The summed E-state index contributed by atoms with van der Waals surface area (Å²) in [5.41, 5.74) is 0.702. The van der Waals surface area contributed by atoms with E-state index in [9.17, 15) is 4.79 Å². The van der Waals surface area contributed by atoms with Gasteiger partial charge >= 0.3 is 6.03 Å². The number of anilines is 2. The molecule has 3 rings (SSSR count). The Hall–Kier alpha value is -1.97. The van der Waals surface area contributed by atoms with Crippen molar-refractivity contribution in [1.29, 1.82) is 0 Å². The van der Waals surface area contributed by atoms with Gasteiger partial charge in [-0.15, -0.1) is 10.2 Å². The third kappa shape index (κ3) is 5.25. The largest absolute Gasteiger partial charge is 0.485 e. The van der Waals surface area contributed by atoms with Crippen molar-refractivity contribution in [2.45, 2.75) is 6.61 Å². The fraction of sp³-hybridized carbons (Fsp3) is 0.0625. The number of para-hydroxylation sites is 1. The van der Waals surface area contributed by atoms with Crippen LogP contribution >= 0.6 is 43.2 Å². The maximum absolute atomic E-state index is 11.9. The number of hydrogen-bond donors (Lipinski definition) is 2. The average molecular weight is 484 g/mol. The molecular weight excluding hydrogens is 472 g/mol. The fourth-order valence-corrected chi connectivity index (χ4v) is 3.68. The minimum atomic E-state index is -0.370. The van der Waals surface area contributed by atoms with Gasteiger partial charge in [0.1, 0.15) is 12.4 Å². The van der Waals surface area contributed by atoms with Gasteiger partial charge in [-0.05, 0) is 46.3 Å². The molecule has 1 heterocycles. The van der Waals surface area contributed by atoms with Crippen molar-refractivity contribution >= 4 is 60.0 Å². The first kappa shape index (κ1) is 17.8. The van der Waals surface area contributed by atoms with Crippen LogP contribution in [-0.2, 0) is 6.61 Å². The number of urea groups is 1. The van der Waals surface area contributed by atoms with Gasteiger partial charge in [0.2, 0.25) is 5.13 Å². The zero-order chi connectivity index (χ0) is 17.6. The first-order valence-corrected chi connectivity index (χ1v) is 9.54. The number of aromatic nitrogens is 2. The number of nitrogens with one attached hydrogen (secondary N) is 2. The van der Waals surface area contributed by atoms with Crippen molar-refractivity contribution in [1.82, 2.24) is 10.2 Å². The standard InChI is InChI=1S/C16H12Br2N4O2S/c17-10-6-7-13(12(18)8-10)24-9-14-21-22-16(25-14)20-15(23)19-11-4-2-1-3-5-11/h1-8H,9H2,(H2,19,20,22,23). The van der Waals surface area contributed by atoms with Gasteiger partial charge in [-0.3, -0.25) is 5.32 Å². The van der Waals surface area contributed by atoms with Gasteiger partial charge in [0.05, 0.1) is 4.47 Å². The summed E-state index contributed by atoms with van der Waals surface area (Å²) in [6.45, 7) is 0.264. The van der Waals surface area contributed by atoms with Gasteiger partial charge in [0.25, 0.3) is 0 Å². The van der Waals surface area contributed by atoms with Gasteiger partial charge in [0, 0.05) is 10.2 Å². The Kier molecular flexibility index (Phi) is 6.00. The molecular formula is C16H12Br2N4O2S. The molecule has 0 spiro atoms. The van der Waals surface area contributed by atoms with Crippen LogP contribution in [0.1, 0.15) is 5.01 Å². The van der Waals surface area contributed by atoms with Gasteiger partial charge < -0.3 is 10.1 Å². The van der Waals surface area contributed by atoms with Crippen molar-refractivity contribution in [2.75, 3.05) is 10.6 Å². The third-order valence-electron chi connectivity index (χ3n) is 2.96. The van der Waals surface area contributed by atoms with E-state index in [1.807, 2.05) is 36.4 Å². The van der Waals surface area contributed by atoms with E-state index in [-0.39, 0.29) is 12.6 Å². The van der Waals surface area contributed by atoms with Gasteiger partial charge in [0.15, 0.2) is 5.01 Å². The Balaban J connectivity index is 1.54. The molecule has 0 aliphatic rings. The quantitative estimate of drug-likeness (QED) is 0.517. The summed E-state index contributed by atoms with van der Waals surface area (Å²) in [6, 6.07) is 14.4. The van der Waals surface area contributed by atoms with E-state index < -0.39 is 0 Å². The van der Waals surface area contributed by atoms with Crippen LogP contribution < -0.4 is 15.4 Å². The second-order valence-electron chi connectivity index (χ2n) is 4.81. The Bertz CT molecular complexity index is 874. The molecule has 2 N–H and O–H groups in total. The topological polar surface area (TPSA) is 76.1 Å². The SMILES string of the molecule is O=C(Nc1ccccc1)Nc1nnc(COc2ccc(Br)cc2Br)s1. The summed E-state index contributed by atoms with van der Waals surface area (Å²) >= 11 is 8.08. The molecule has 3 aromatic rings. The van der Waals surface area contributed by atoms with E-state index >= 15 is 0 Å². The minimum Gasteiger partial charge on any atom is -0.485 e. The molecule has 0 atom stereocenters. The molecule has 25 heavy (non-hydrogen) atoms. The number of amides is 2. The first-order chi connectivity index (χ1) is 12.1. The summed E-state index contributed by atoms with van der Waals surface area (Å²) in [5.74, 6) is 0.703. The Morgan fingerprint density at radius 3 is 2.64 bits per heavy atom. The number of ether oxygens (including phenoxy) is 1. The highest BCUT2D eigenvalue weighted by atomic mass is 79.9. The zero-order valence-electron chi connectivity index (χ0n) is 12.7. The summed E-state index contributed by atoms with van der Waals surface area (Å²) in [6.07, 6.45) is 0. The molecule has 1 aromatic heterocycles. The van der Waals surface area contributed by atoms with E-state index in [0.717, 1.165) is 8.95 Å². The third-order valence-corrected chi connectivity index (χ3v) is 4.89. The molecule has 9 heteroatoms. The van der Waals surface area contributed by atoms with E-state index in [1.165, 1.54) is 11.3 Å². The lowest BCUT2D eigenvalue weighted by atomic mass is 10.3. The molecule has 0 aliphatic carbocycles. The van der Waals surface area contributed by atoms with Crippen LogP contribution in [0.2, 0.25) is 0 Å². The number of nitrogens with zero attached hydrogens (tertiary/aromatic N) is 2. The molecule has 0 fully saturated rings. The molecule has 6 nitrogen and oxygen atoms in total. The first-order valence-electron chi connectivity index (χ1n) is 7.13. The summed E-state index contributed by atoms with van der Waals surface area (Å²) in [7, 11) is 0. The predicted octanol–water partition coefficient (Wildman–Crippen LogP) is 5.29. The van der Waals surface area contributed by atoms with Crippen molar-refractivity contribution in [3.05, 3.63) is 62.5 Å².